The maximum Gasteiger partial charge on any atom is 0.459 e. The Kier molecular flexibility index (Phi) is 8.43. The third kappa shape index (κ3) is 6.49. The minimum Gasteiger partial charge on any atom is -0.462 e. The van der Waals surface area contributed by atoms with Crippen LogP contribution in [-0.4, -0.2) is 51.0 Å². The summed E-state index contributed by atoms with van der Waals surface area (Å²) in [4.78, 5) is 19.4. The summed E-state index contributed by atoms with van der Waals surface area (Å²) in [5.41, 5.74) is 15.4. The molecular formula is C24H31N8O6P. The van der Waals surface area contributed by atoms with E-state index in [-0.39, 0.29) is 30.7 Å². The van der Waals surface area contributed by atoms with Gasteiger partial charge in [0.2, 0.25) is 0 Å². The average Bonchev–Trinajstić information content (AvgIpc) is 3.44. The first-order chi connectivity index (χ1) is 18.5. The molecular weight excluding hydrogens is 527 g/mol. The Labute approximate surface area is 225 Å². The highest BCUT2D eigenvalue weighted by Crippen LogP contribution is 2.48. The Morgan fingerprint density at radius 3 is 2.77 bits per heavy atom. The lowest BCUT2D eigenvalue weighted by Gasteiger charge is -2.24. The minimum absolute atomic E-state index is 0.198. The van der Waals surface area contributed by atoms with Crippen molar-refractivity contribution in [1.82, 2.24) is 19.7 Å². The number of azide groups is 1. The number of hydrogen-bond donors (Lipinski definition) is 2. The molecule has 1 unspecified atom stereocenters. The predicted molar refractivity (Wildman–Crippen MR) is 142 cm³/mol. The maximum absolute atomic E-state index is 13.8. The van der Waals surface area contributed by atoms with Gasteiger partial charge in [0, 0.05) is 4.91 Å². The second-order valence-corrected chi connectivity index (χ2v) is 11.3. The van der Waals surface area contributed by atoms with Gasteiger partial charge in [0.1, 0.15) is 29.7 Å². The summed E-state index contributed by atoms with van der Waals surface area (Å²) in [5, 5.41) is 10.9. The molecule has 0 aliphatic carbocycles. The topological polar surface area (TPSA) is 188 Å². The van der Waals surface area contributed by atoms with E-state index in [1.54, 1.807) is 67.8 Å². The van der Waals surface area contributed by atoms with Crippen molar-refractivity contribution >= 4 is 25.1 Å². The van der Waals surface area contributed by atoms with Crippen molar-refractivity contribution in [2.24, 2.45) is 5.11 Å². The monoisotopic (exact) mass is 558 g/mol. The second kappa shape index (κ2) is 11.6. The van der Waals surface area contributed by atoms with Gasteiger partial charge in [-0.2, -0.15) is 10.2 Å². The van der Waals surface area contributed by atoms with Crippen molar-refractivity contribution in [2.45, 2.75) is 64.0 Å². The number of anilines is 1. The lowest BCUT2D eigenvalue weighted by Crippen LogP contribution is -2.36. The molecule has 1 aliphatic rings. The van der Waals surface area contributed by atoms with Crippen LogP contribution < -0.4 is 15.3 Å². The molecule has 1 fully saturated rings. The molecule has 3 heterocycles. The average molecular weight is 559 g/mol. The van der Waals surface area contributed by atoms with Crippen molar-refractivity contribution in [3.63, 3.8) is 0 Å². The summed E-state index contributed by atoms with van der Waals surface area (Å²) in [6.45, 7) is 6.48. The molecule has 5 atom stereocenters. The largest absolute Gasteiger partial charge is 0.462 e. The predicted octanol–water partition coefficient (Wildman–Crippen LogP) is 4.34. The van der Waals surface area contributed by atoms with E-state index in [4.69, 9.17) is 24.3 Å². The highest BCUT2D eigenvalue weighted by atomic mass is 31.2. The molecule has 3 N–H and O–H groups in total. The number of nitrogen functional groups attached to an aromatic ring is 1. The van der Waals surface area contributed by atoms with Crippen molar-refractivity contribution in [3.8, 4) is 5.75 Å². The van der Waals surface area contributed by atoms with Crippen LogP contribution in [0.4, 0.5) is 5.82 Å². The number of carbonyl (C=O) groups is 1. The molecule has 1 aliphatic heterocycles. The Bertz CT molecular complexity index is 1410. The highest BCUT2D eigenvalue weighted by Gasteiger charge is 2.48. The molecule has 15 heteroatoms. The number of nitrogens with two attached hydrogens (primary N) is 1. The number of fused-ring (bicyclic) bond motifs is 1. The number of para-hydroxylation sites is 1. The van der Waals surface area contributed by atoms with E-state index in [1.807, 2.05) is 0 Å². The molecule has 4 rings (SSSR count). The van der Waals surface area contributed by atoms with E-state index in [9.17, 15) is 14.9 Å². The van der Waals surface area contributed by atoms with Gasteiger partial charge in [-0.1, -0.05) is 30.2 Å². The zero-order chi connectivity index (χ0) is 28.2. The summed E-state index contributed by atoms with van der Waals surface area (Å²) in [6, 6.07) is 11.0. The van der Waals surface area contributed by atoms with Crippen LogP contribution in [0.15, 0.2) is 53.9 Å². The molecule has 0 spiro atoms. The lowest BCUT2D eigenvalue weighted by molar-refractivity contribution is -0.149. The van der Waals surface area contributed by atoms with Crippen LogP contribution in [0.3, 0.4) is 0 Å². The third-order valence-corrected chi connectivity index (χ3v) is 7.69. The van der Waals surface area contributed by atoms with E-state index >= 15 is 0 Å². The van der Waals surface area contributed by atoms with Gasteiger partial charge in [-0.05, 0) is 57.0 Å². The zero-order valence-electron chi connectivity index (χ0n) is 22.0. The standard InChI is InChI=1S/C24H31N8O6P/c1-15(2)36-23(33)16(3)29-39(34,38-17-8-6-5-7-9-17)35-13-18-12-24(4,30-31-26)21(37-18)19-10-11-20-22(25)27-14-28-32(19)20/h5-11,14-16,18,21H,12-13H2,1-4H3,(H,29,34)(H2,25,27,28)/t16-,18-,21-,24+,39?/m0/s1. The lowest BCUT2D eigenvalue weighted by atomic mass is 9.91. The summed E-state index contributed by atoms with van der Waals surface area (Å²) >= 11 is 0. The third-order valence-electron chi connectivity index (χ3n) is 6.04. The van der Waals surface area contributed by atoms with Crippen LogP contribution in [0.5, 0.6) is 5.75 Å². The van der Waals surface area contributed by atoms with Gasteiger partial charge in [-0.25, -0.2) is 14.1 Å². The SMILES string of the molecule is CC(C)OC(=O)[C@H](C)NP(=O)(OC[C@@H]1C[C@@](C)(N=[N+]=[N-])[C@H](c2ccc3c(N)ncnn23)O1)Oc1ccccc1. The zero-order valence-corrected chi connectivity index (χ0v) is 22.9. The Balaban J connectivity index is 1.55. The van der Waals surface area contributed by atoms with Crippen molar-refractivity contribution < 1.29 is 27.9 Å². The van der Waals surface area contributed by atoms with Gasteiger partial charge in [-0.15, -0.1) is 0 Å². The van der Waals surface area contributed by atoms with Gasteiger partial charge in [0.15, 0.2) is 5.82 Å². The second-order valence-electron chi connectivity index (χ2n) is 9.62. The highest BCUT2D eigenvalue weighted by molar-refractivity contribution is 7.52. The van der Waals surface area contributed by atoms with E-state index in [1.165, 1.54) is 13.3 Å². The number of aromatic nitrogens is 3. The molecule has 39 heavy (non-hydrogen) atoms. The van der Waals surface area contributed by atoms with Crippen molar-refractivity contribution in [3.05, 3.63) is 64.9 Å². The molecule has 1 aromatic carbocycles. The molecule has 0 amide bonds. The molecule has 2 aromatic heterocycles. The van der Waals surface area contributed by atoms with Crippen molar-refractivity contribution in [1.29, 1.82) is 0 Å². The van der Waals surface area contributed by atoms with Crippen LogP contribution in [0.2, 0.25) is 0 Å². The molecule has 0 radical (unpaired) electrons. The Hall–Kier alpha value is -3.67. The van der Waals surface area contributed by atoms with Crippen LogP contribution in [-0.2, 0) is 23.4 Å². The van der Waals surface area contributed by atoms with Gasteiger partial charge in [-0.3, -0.25) is 9.32 Å². The first kappa shape index (κ1) is 28.3. The molecule has 1 saturated heterocycles. The summed E-state index contributed by atoms with van der Waals surface area (Å²) < 4.78 is 38.4. The maximum atomic E-state index is 13.8. The Morgan fingerprint density at radius 2 is 2.08 bits per heavy atom. The number of rotatable bonds is 11. The Morgan fingerprint density at radius 1 is 1.33 bits per heavy atom. The van der Waals surface area contributed by atoms with Crippen molar-refractivity contribution in [2.75, 3.05) is 12.3 Å². The number of nitrogens with zero attached hydrogens (tertiary/aromatic N) is 6. The quantitative estimate of drug-likeness (QED) is 0.113. The minimum atomic E-state index is -4.11. The number of esters is 1. The fraction of sp³-hybridized carbons (Fsp3) is 0.458. The smallest absolute Gasteiger partial charge is 0.459 e. The number of carbonyl (C=O) groups excluding carboxylic acids is 1. The fourth-order valence-corrected chi connectivity index (χ4v) is 5.85. The molecule has 14 nitrogen and oxygen atoms in total. The summed E-state index contributed by atoms with van der Waals surface area (Å²) in [7, 11) is -4.11. The number of nitrogens with one attached hydrogen (secondary N) is 1. The van der Waals surface area contributed by atoms with Crippen LogP contribution in [0.25, 0.3) is 16.0 Å². The van der Waals surface area contributed by atoms with E-state index in [0.717, 1.165) is 0 Å². The molecule has 3 aromatic rings. The molecule has 208 valence electrons. The van der Waals surface area contributed by atoms with E-state index in [0.29, 0.717) is 11.2 Å². The van der Waals surface area contributed by atoms with Crippen LogP contribution in [0, 0.1) is 0 Å². The van der Waals surface area contributed by atoms with Crippen LogP contribution >= 0.6 is 7.75 Å². The summed E-state index contributed by atoms with van der Waals surface area (Å²) in [6.07, 6.45) is -0.166. The van der Waals surface area contributed by atoms with E-state index in [2.05, 4.69) is 25.2 Å². The number of benzene rings is 1. The first-order valence-electron chi connectivity index (χ1n) is 12.3. The fourth-order valence-electron chi connectivity index (χ4n) is 4.32. The summed E-state index contributed by atoms with van der Waals surface area (Å²) in [5.74, 6) is -0.0476. The van der Waals surface area contributed by atoms with Gasteiger partial charge in [0.05, 0.1) is 30.0 Å². The van der Waals surface area contributed by atoms with E-state index < -0.39 is 37.5 Å². The van der Waals surface area contributed by atoms with Gasteiger partial charge >= 0.3 is 13.7 Å². The molecule has 0 bridgehead atoms. The number of ether oxygens (including phenoxy) is 2. The van der Waals surface area contributed by atoms with Gasteiger partial charge < -0.3 is 19.7 Å². The van der Waals surface area contributed by atoms with Crippen LogP contribution in [0.1, 0.15) is 45.9 Å². The first-order valence-corrected chi connectivity index (χ1v) is 13.8. The normalized spacial score (nSPS) is 23.2. The number of hydrogen-bond acceptors (Lipinski definition) is 10. The van der Waals surface area contributed by atoms with Gasteiger partial charge in [0.25, 0.3) is 0 Å². The molecule has 0 saturated carbocycles.